The molecule has 1 amide bonds. The van der Waals surface area contributed by atoms with Crippen LogP contribution in [0.1, 0.15) is 27.4 Å². The maximum Gasteiger partial charge on any atom is 0.268 e. The van der Waals surface area contributed by atoms with E-state index in [1.165, 1.54) is 0 Å². The topological polar surface area (TPSA) is 94.3 Å². The Labute approximate surface area is 121 Å². The largest absolute Gasteiger partial charge is 0.465 e. The zero-order chi connectivity index (χ0) is 14.7. The molecule has 2 aromatic rings. The predicted molar refractivity (Wildman–Crippen MR) is 80.3 cm³/mol. The molecule has 6 heteroatoms. The number of anilines is 1. The summed E-state index contributed by atoms with van der Waals surface area (Å²) in [6.45, 7) is 3.75. The lowest BCUT2D eigenvalue weighted by molar-refractivity contribution is 0.0952. The summed E-state index contributed by atoms with van der Waals surface area (Å²) < 4.78 is 5.55. The Balaban J connectivity index is 2.11. The van der Waals surface area contributed by atoms with Gasteiger partial charge in [-0.2, -0.15) is 0 Å². The zero-order valence-corrected chi connectivity index (χ0v) is 12.2. The average molecular weight is 291 g/mol. The number of furan rings is 1. The second-order valence-corrected chi connectivity index (χ2v) is 5.50. The Hall–Kier alpha value is -1.92. The Morgan fingerprint density at radius 3 is 2.80 bits per heavy atom. The number of carbonyl (C=O) groups excluding carboxylic acids is 1. The number of nitrogen functional groups attached to an aromatic ring is 2. The maximum absolute atomic E-state index is 11.5. The molecule has 0 atom stereocenters. The molecule has 0 unspecified atom stereocenters. The number of hydrogen-bond acceptors (Lipinski definition) is 5. The molecule has 0 radical (unpaired) electrons. The molecule has 5 N–H and O–H groups in total. The minimum Gasteiger partial charge on any atom is -0.465 e. The molecule has 106 valence electrons. The molecule has 0 aliphatic heterocycles. The van der Waals surface area contributed by atoms with Gasteiger partial charge in [0.05, 0.1) is 11.3 Å². The molecular formula is C14H17N3O2S. The number of nitrogens with two attached hydrogens (primary N) is 2. The standard InChI is InChI=1S/C14H17N3O2S/c1-8-3-4-12(15)13(5-8)20-7-10-6-11(9(2)19-10)14(18)17-16/h3-6H,7,15-16H2,1-2H3,(H,17,18). The first-order valence-electron chi connectivity index (χ1n) is 6.10. The predicted octanol–water partition coefficient (Wildman–Crippen LogP) is 2.37. The van der Waals surface area contributed by atoms with E-state index in [9.17, 15) is 4.79 Å². The molecule has 0 saturated heterocycles. The summed E-state index contributed by atoms with van der Waals surface area (Å²) in [5.74, 6) is 6.65. The van der Waals surface area contributed by atoms with E-state index in [4.69, 9.17) is 16.0 Å². The smallest absolute Gasteiger partial charge is 0.268 e. The fourth-order valence-electron chi connectivity index (χ4n) is 1.83. The summed E-state index contributed by atoms with van der Waals surface area (Å²) in [7, 11) is 0. The van der Waals surface area contributed by atoms with Crippen LogP contribution in [-0.4, -0.2) is 5.91 Å². The van der Waals surface area contributed by atoms with Crippen LogP contribution in [0, 0.1) is 13.8 Å². The van der Waals surface area contributed by atoms with Crippen molar-refractivity contribution >= 4 is 23.4 Å². The van der Waals surface area contributed by atoms with E-state index in [2.05, 4.69) is 5.43 Å². The Bertz CT molecular complexity index is 637. The van der Waals surface area contributed by atoms with Gasteiger partial charge in [0, 0.05) is 10.6 Å². The summed E-state index contributed by atoms with van der Waals surface area (Å²) in [4.78, 5) is 12.5. The van der Waals surface area contributed by atoms with Gasteiger partial charge >= 0.3 is 0 Å². The van der Waals surface area contributed by atoms with Crippen molar-refractivity contribution in [3.05, 3.63) is 46.9 Å². The maximum atomic E-state index is 11.5. The third-order valence-corrected chi connectivity index (χ3v) is 3.98. The first-order chi connectivity index (χ1) is 9.51. The van der Waals surface area contributed by atoms with Crippen molar-refractivity contribution in [1.82, 2.24) is 5.43 Å². The zero-order valence-electron chi connectivity index (χ0n) is 11.4. The molecule has 0 bridgehead atoms. The van der Waals surface area contributed by atoms with Gasteiger partial charge < -0.3 is 10.2 Å². The van der Waals surface area contributed by atoms with Crippen LogP contribution in [0.4, 0.5) is 5.69 Å². The molecule has 1 aromatic heterocycles. The number of aryl methyl sites for hydroxylation is 2. The second-order valence-electron chi connectivity index (χ2n) is 4.49. The number of thioether (sulfide) groups is 1. The molecule has 0 saturated carbocycles. The summed E-state index contributed by atoms with van der Waals surface area (Å²) in [5, 5.41) is 0. The third kappa shape index (κ3) is 3.15. The number of benzene rings is 1. The van der Waals surface area contributed by atoms with E-state index < -0.39 is 0 Å². The van der Waals surface area contributed by atoms with E-state index >= 15 is 0 Å². The molecule has 1 aromatic carbocycles. The monoisotopic (exact) mass is 291 g/mol. The average Bonchev–Trinajstić information content (AvgIpc) is 2.80. The highest BCUT2D eigenvalue weighted by Gasteiger charge is 2.14. The van der Waals surface area contributed by atoms with Gasteiger partial charge in [-0.3, -0.25) is 10.2 Å². The molecule has 0 spiro atoms. The summed E-state index contributed by atoms with van der Waals surface area (Å²) in [5.41, 5.74) is 10.4. The molecule has 5 nitrogen and oxygen atoms in total. The van der Waals surface area contributed by atoms with E-state index in [1.54, 1.807) is 24.8 Å². The minimum atomic E-state index is -0.349. The van der Waals surface area contributed by atoms with Gasteiger partial charge in [0.15, 0.2) is 0 Å². The van der Waals surface area contributed by atoms with Crippen molar-refractivity contribution in [2.75, 3.05) is 5.73 Å². The number of hydrazine groups is 1. The van der Waals surface area contributed by atoms with Crippen LogP contribution in [-0.2, 0) is 5.75 Å². The normalized spacial score (nSPS) is 10.6. The van der Waals surface area contributed by atoms with Gasteiger partial charge in [0.25, 0.3) is 5.91 Å². The fraction of sp³-hybridized carbons (Fsp3) is 0.214. The van der Waals surface area contributed by atoms with Crippen LogP contribution < -0.4 is 17.0 Å². The van der Waals surface area contributed by atoms with Crippen molar-refractivity contribution in [2.45, 2.75) is 24.5 Å². The minimum absolute atomic E-state index is 0.349. The van der Waals surface area contributed by atoms with Crippen molar-refractivity contribution < 1.29 is 9.21 Å². The second kappa shape index (κ2) is 6.02. The quantitative estimate of drug-likeness (QED) is 0.264. The SMILES string of the molecule is Cc1ccc(N)c(SCc2cc(C(=O)NN)c(C)o2)c1. The molecule has 2 rings (SSSR count). The van der Waals surface area contributed by atoms with Crippen LogP contribution in [0.3, 0.4) is 0 Å². The molecule has 0 aliphatic rings. The highest BCUT2D eigenvalue weighted by atomic mass is 32.2. The third-order valence-electron chi connectivity index (χ3n) is 2.88. The molecule has 20 heavy (non-hydrogen) atoms. The summed E-state index contributed by atoms with van der Waals surface area (Å²) in [6, 6.07) is 7.60. The van der Waals surface area contributed by atoms with Crippen LogP contribution in [0.2, 0.25) is 0 Å². The highest BCUT2D eigenvalue weighted by molar-refractivity contribution is 7.98. The van der Waals surface area contributed by atoms with Crippen LogP contribution in [0.25, 0.3) is 0 Å². The molecule has 1 heterocycles. The highest BCUT2D eigenvalue weighted by Crippen LogP contribution is 2.30. The fourth-order valence-corrected chi connectivity index (χ4v) is 2.78. The van der Waals surface area contributed by atoms with E-state index in [-0.39, 0.29) is 5.91 Å². The van der Waals surface area contributed by atoms with Crippen molar-refractivity contribution in [3.63, 3.8) is 0 Å². The van der Waals surface area contributed by atoms with Gasteiger partial charge in [-0.05, 0) is 37.6 Å². The number of rotatable bonds is 4. The van der Waals surface area contributed by atoms with E-state index in [0.717, 1.165) is 16.1 Å². The first kappa shape index (κ1) is 14.5. The molecule has 0 aliphatic carbocycles. The summed E-state index contributed by atoms with van der Waals surface area (Å²) >= 11 is 1.57. The first-order valence-corrected chi connectivity index (χ1v) is 7.09. The van der Waals surface area contributed by atoms with E-state index in [1.807, 2.05) is 25.1 Å². The van der Waals surface area contributed by atoms with Gasteiger partial charge in [0.1, 0.15) is 11.5 Å². The Kier molecular flexibility index (Phi) is 4.36. The van der Waals surface area contributed by atoms with Gasteiger partial charge in [-0.15, -0.1) is 11.8 Å². The van der Waals surface area contributed by atoms with Gasteiger partial charge in [0.2, 0.25) is 0 Å². The van der Waals surface area contributed by atoms with E-state index in [0.29, 0.717) is 22.8 Å². The lowest BCUT2D eigenvalue weighted by Gasteiger charge is -2.05. The number of nitrogens with one attached hydrogen (secondary N) is 1. The van der Waals surface area contributed by atoms with Crippen LogP contribution in [0.5, 0.6) is 0 Å². The van der Waals surface area contributed by atoms with Crippen molar-refractivity contribution in [1.29, 1.82) is 0 Å². The lowest BCUT2D eigenvalue weighted by Crippen LogP contribution is -2.30. The lowest BCUT2D eigenvalue weighted by atomic mass is 10.2. The number of carbonyl (C=O) groups is 1. The van der Waals surface area contributed by atoms with Crippen LogP contribution >= 0.6 is 11.8 Å². The van der Waals surface area contributed by atoms with Gasteiger partial charge in [-0.25, -0.2) is 5.84 Å². The van der Waals surface area contributed by atoms with Crippen molar-refractivity contribution in [3.8, 4) is 0 Å². The summed E-state index contributed by atoms with van der Waals surface area (Å²) in [6.07, 6.45) is 0. The van der Waals surface area contributed by atoms with Crippen molar-refractivity contribution in [2.24, 2.45) is 5.84 Å². The number of hydrogen-bond donors (Lipinski definition) is 3. The van der Waals surface area contributed by atoms with Crippen LogP contribution in [0.15, 0.2) is 33.6 Å². The Morgan fingerprint density at radius 2 is 2.10 bits per heavy atom. The molecular weight excluding hydrogens is 274 g/mol. The van der Waals surface area contributed by atoms with Gasteiger partial charge in [-0.1, -0.05) is 6.07 Å². The Morgan fingerprint density at radius 1 is 1.35 bits per heavy atom. The number of amides is 1. The molecule has 0 fully saturated rings.